The number of hydrogen-bond acceptors (Lipinski definition) is 4. The van der Waals surface area contributed by atoms with E-state index in [1.807, 2.05) is 25.1 Å². The summed E-state index contributed by atoms with van der Waals surface area (Å²) in [6.07, 6.45) is 2.67. The van der Waals surface area contributed by atoms with Gasteiger partial charge in [-0.05, 0) is 19.1 Å². The maximum Gasteiger partial charge on any atom is 0.356 e. The summed E-state index contributed by atoms with van der Waals surface area (Å²) in [4.78, 5) is 18.6. The van der Waals surface area contributed by atoms with Gasteiger partial charge in [-0.25, -0.2) is 9.78 Å². The fourth-order valence-corrected chi connectivity index (χ4v) is 1.60. The predicted molar refractivity (Wildman–Crippen MR) is 65.7 cm³/mol. The molecule has 0 bridgehead atoms. The molecule has 92 valence electrons. The van der Waals surface area contributed by atoms with Crippen molar-refractivity contribution in [1.82, 2.24) is 9.97 Å². The zero-order valence-corrected chi connectivity index (χ0v) is 10.0. The molecule has 5 nitrogen and oxygen atoms in total. The van der Waals surface area contributed by atoms with Crippen LogP contribution in [0.5, 0.6) is 5.75 Å². The second-order valence-electron chi connectivity index (χ2n) is 3.80. The molecule has 2 rings (SSSR count). The Kier molecular flexibility index (Phi) is 3.23. The maximum atomic E-state index is 10.7. The number of methoxy groups -OCH3 is 1. The highest BCUT2D eigenvalue weighted by molar-refractivity contribution is 5.85. The third-order valence-electron chi connectivity index (χ3n) is 2.50. The molecule has 0 aliphatic carbocycles. The first-order valence-corrected chi connectivity index (χ1v) is 5.32. The van der Waals surface area contributed by atoms with Crippen LogP contribution in [0.2, 0.25) is 0 Å². The average Bonchev–Trinajstić information content (AvgIpc) is 2.39. The molecule has 0 radical (unpaired) electrons. The molecule has 0 fully saturated rings. The van der Waals surface area contributed by atoms with E-state index >= 15 is 0 Å². The summed E-state index contributed by atoms with van der Waals surface area (Å²) in [6.45, 7) is 1.96. The highest BCUT2D eigenvalue weighted by atomic mass is 16.5. The number of carboxylic acids is 1. The third kappa shape index (κ3) is 2.29. The Morgan fingerprint density at radius 2 is 2.06 bits per heavy atom. The van der Waals surface area contributed by atoms with Crippen molar-refractivity contribution in [3.8, 4) is 17.0 Å². The van der Waals surface area contributed by atoms with Crippen LogP contribution >= 0.6 is 0 Å². The van der Waals surface area contributed by atoms with Crippen LogP contribution in [0.4, 0.5) is 0 Å². The molecule has 0 aliphatic rings. The topological polar surface area (TPSA) is 72.3 Å². The van der Waals surface area contributed by atoms with Crippen molar-refractivity contribution < 1.29 is 14.6 Å². The Balaban J connectivity index is 2.48. The maximum absolute atomic E-state index is 10.7. The largest absolute Gasteiger partial charge is 0.496 e. The Hall–Kier alpha value is -2.43. The summed E-state index contributed by atoms with van der Waals surface area (Å²) in [7, 11) is 1.58. The molecule has 0 amide bonds. The van der Waals surface area contributed by atoms with Gasteiger partial charge in [0.05, 0.1) is 25.2 Å². The van der Waals surface area contributed by atoms with Gasteiger partial charge in [0.15, 0.2) is 5.69 Å². The van der Waals surface area contributed by atoms with Gasteiger partial charge in [0, 0.05) is 5.56 Å². The minimum Gasteiger partial charge on any atom is -0.496 e. The lowest BCUT2D eigenvalue weighted by Gasteiger charge is -2.08. The summed E-state index contributed by atoms with van der Waals surface area (Å²) in [5.74, 6) is -0.414. The molecule has 1 N–H and O–H groups in total. The number of aryl methyl sites for hydroxylation is 1. The van der Waals surface area contributed by atoms with Gasteiger partial charge in [-0.2, -0.15) is 0 Å². The summed E-state index contributed by atoms with van der Waals surface area (Å²) in [5.41, 5.74) is 2.36. The lowest BCUT2D eigenvalue weighted by Crippen LogP contribution is -2.01. The molecule has 2 aromatic rings. The molecule has 0 saturated heterocycles. The Morgan fingerprint density at radius 1 is 1.28 bits per heavy atom. The van der Waals surface area contributed by atoms with E-state index in [9.17, 15) is 4.79 Å². The number of aromatic carboxylic acids is 1. The van der Waals surface area contributed by atoms with Crippen LogP contribution in [-0.2, 0) is 0 Å². The minimum atomic E-state index is -1.09. The van der Waals surface area contributed by atoms with E-state index in [0.717, 1.165) is 11.1 Å². The first-order valence-electron chi connectivity index (χ1n) is 5.32. The second kappa shape index (κ2) is 4.83. The van der Waals surface area contributed by atoms with Crippen LogP contribution in [0, 0.1) is 6.92 Å². The molecule has 5 heteroatoms. The number of benzene rings is 1. The number of rotatable bonds is 3. The number of nitrogens with zero attached hydrogens (tertiary/aromatic N) is 2. The average molecular weight is 244 g/mol. The number of ether oxygens (including phenoxy) is 1. The molecular formula is C13H12N2O3. The summed E-state index contributed by atoms with van der Waals surface area (Å²) in [6, 6.07) is 5.70. The van der Waals surface area contributed by atoms with Gasteiger partial charge in [-0.1, -0.05) is 11.6 Å². The molecule has 0 spiro atoms. The minimum absolute atomic E-state index is 0.0784. The Bertz CT molecular complexity index is 579. The van der Waals surface area contributed by atoms with Gasteiger partial charge in [-0.3, -0.25) is 4.98 Å². The fourth-order valence-electron chi connectivity index (χ4n) is 1.60. The third-order valence-corrected chi connectivity index (χ3v) is 2.50. The molecule has 0 atom stereocenters. The summed E-state index contributed by atoms with van der Waals surface area (Å²) in [5, 5.41) is 8.76. The van der Waals surface area contributed by atoms with E-state index in [0.29, 0.717) is 11.4 Å². The molecular weight excluding hydrogens is 232 g/mol. The highest BCUT2D eigenvalue weighted by Crippen LogP contribution is 2.28. The van der Waals surface area contributed by atoms with Gasteiger partial charge in [0.25, 0.3) is 0 Å². The summed E-state index contributed by atoms with van der Waals surface area (Å²) < 4.78 is 5.25. The van der Waals surface area contributed by atoms with Crippen molar-refractivity contribution in [2.75, 3.05) is 7.11 Å². The van der Waals surface area contributed by atoms with Crippen molar-refractivity contribution in [2.45, 2.75) is 6.92 Å². The number of hydrogen-bond donors (Lipinski definition) is 1. The van der Waals surface area contributed by atoms with E-state index in [-0.39, 0.29) is 5.69 Å². The number of carboxylic acid groups (broad SMARTS) is 1. The van der Waals surface area contributed by atoms with E-state index in [1.165, 1.54) is 12.4 Å². The Morgan fingerprint density at radius 3 is 2.61 bits per heavy atom. The van der Waals surface area contributed by atoms with Gasteiger partial charge in [-0.15, -0.1) is 0 Å². The zero-order valence-electron chi connectivity index (χ0n) is 10.0. The highest BCUT2D eigenvalue weighted by Gasteiger charge is 2.10. The molecule has 1 aromatic carbocycles. The van der Waals surface area contributed by atoms with Crippen molar-refractivity contribution >= 4 is 5.97 Å². The SMILES string of the molecule is COc1ccc(C)cc1-c1cnc(C(=O)O)cn1. The standard InChI is InChI=1S/C13H12N2O3/c1-8-3-4-12(18-2)9(5-8)10-6-15-11(7-14-10)13(16)17/h3-7H,1-2H3,(H,16,17). The molecule has 1 aromatic heterocycles. The zero-order chi connectivity index (χ0) is 13.1. The van der Waals surface area contributed by atoms with Crippen molar-refractivity contribution in [2.24, 2.45) is 0 Å². The molecule has 0 unspecified atom stereocenters. The number of aromatic nitrogens is 2. The predicted octanol–water partition coefficient (Wildman–Crippen LogP) is 2.16. The van der Waals surface area contributed by atoms with Crippen molar-refractivity contribution in [3.63, 3.8) is 0 Å². The van der Waals surface area contributed by atoms with E-state index < -0.39 is 5.97 Å². The molecule has 18 heavy (non-hydrogen) atoms. The van der Waals surface area contributed by atoms with Crippen LogP contribution in [0.1, 0.15) is 16.1 Å². The van der Waals surface area contributed by atoms with E-state index in [4.69, 9.17) is 9.84 Å². The van der Waals surface area contributed by atoms with E-state index in [2.05, 4.69) is 9.97 Å². The van der Waals surface area contributed by atoms with Crippen LogP contribution < -0.4 is 4.74 Å². The van der Waals surface area contributed by atoms with Crippen LogP contribution in [0.15, 0.2) is 30.6 Å². The lowest BCUT2D eigenvalue weighted by atomic mass is 10.1. The van der Waals surface area contributed by atoms with Gasteiger partial charge < -0.3 is 9.84 Å². The molecule has 0 saturated carbocycles. The normalized spacial score (nSPS) is 10.1. The second-order valence-corrected chi connectivity index (χ2v) is 3.80. The quantitative estimate of drug-likeness (QED) is 0.895. The smallest absolute Gasteiger partial charge is 0.356 e. The first kappa shape index (κ1) is 12.0. The van der Waals surface area contributed by atoms with Crippen LogP contribution in [0.3, 0.4) is 0 Å². The van der Waals surface area contributed by atoms with Crippen molar-refractivity contribution in [3.05, 3.63) is 41.9 Å². The van der Waals surface area contributed by atoms with Crippen molar-refractivity contribution in [1.29, 1.82) is 0 Å². The number of carbonyl (C=O) groups is 1. The lowest BCUT2D eigenvalue weighted by molar-refractivity contribution is 0.0690. The van der Waals surface area contributed by atoms with Crippen LogP contribution in [0.25, 0.3) is 11.3 Å². The van der Waals surface area contributed by atoms with Gasteiger partial charge >= 0.3 is 5.97 Å². The van der Waals surface area contributed by atoms with E-state index in [1.54, 1.807) is 7.11 Å². The summed E-state index contributed by atoms with van der Waals surface area (Å²) >= 11 is 0. The van der Waals surface area contributed by atoms with Gasteiger partial charge in [0.1, 0.15) is 5.75 Å². The van der Waals surface area contributed by atoms with Crippen LogP contribution in [-0.4, -0.2) is 28.2 Å². The fraction of sp³-hybridized carbons (Fsp3) is 0.154. The molecule has 0 aliphatic heterocycles. The monoisotopic (exact) mass is 244 g/mol. The Labute approximate surface area is 104 Å². The molecule has 1 heterocycles. The first-order chi connectivity index (χ1) is 8.61. The van der Waals surface area contributed by atoms with Gasteiger partial charge in [0.2, 0.25) is 0 Å².